The van der Waals surface area contributed by atoms with E-state index in [0.29, 0.717) is 0 Å². The molecule has 1 saturated heterocycles. The zero-order valence-corrected chi connectivity index (χ0v) is 12.2. The molecule has 1 aromatic heterocycles. The molecular weight excluding hydrogens is 286 g/mol. The highest BCUT2D eigenvalue weighted by molar-refractivity contribution is 5.56. The maximum absolute atomic E-state index is 13.7. The van der Waals surface area contributed by atoms with E-state index >= 15 is 0 Å². The second-order valence-corrected chi connectivity index (χ2v) is 5.36. The lowest BCUT2D eigenvalue weighted by atomic mass is 10.2. The summed E-state index contributed by atoms with van der Waals surface area (Å²) in [7, 11) is 0. The second-order valence-electron chi connectivity index (χ2n) is 5.36. The molecule has 0 unspecified atom stereocenters. The molecule has 1 aromatic carbocycles. The molecule has 0 radical (unpaired) electrons. The van der Waals surface area contributed by atoms with E-state index in [-0.39, 0.29) is 11.6 Å². The number of benzene rings is 1. The molecule has 4 nitrogen and oxygen atoms in total. The van der Waals surface area contributed by atoms with Gasteiger partial charge in [-0.3, -0.25) is 0 Å². The van der Waals surface area contributed by atoms with Crippen LogP contribution in [0.25, 0.3) is 0 Å². The summed E-state index contributed by atoms with van der Waals surface area (Å²) in [6, 6.07) is 5.55. The molecule has 0 amide bonds. The lowest BCUT2D eigenvalue weighted by Gasteiger charge is -2.21. The van der Waals surface area contributed by atoms with Crippen LogP contribution in [0.2, 0.25) is 0 Å². The number of rotatable bonds is 3. The monoisotopic (exact) mass is 304 g/mol. The van der Waals surface area contributed by atoms with Gasteiger partial charge < -0.3 is 10.2 Å². The molecule has 6 heteroatoms. The Bertz CT molecular complexity index is 620. The number of anilines is 3. The molecule has 3 rings (SSSR count). The lowest BCUT2D eigenvalue weighted by Crippen LogP contribution is -2.25. The number of hydrogen-bond donors (Lipinski definition) is 1. The van der Waals surface area contributed by atoms with Crippen LogP contribution in [-0.4, -0.2) is 23.1 Å². The average Bonchev–Trinajstić information content (AvgIpc) is 2.81. The quantitative estimate of drug-likeness (QED) is 0.934. The third kappa shape index (κ3) is 3.32. The topological polar surface area (TPSA) is 41.1 Å². The molecule has 22 heavy (non-hydrogen) atoms. The molecule has 1 N–H and O–H groups in total. The smallest absolute Gasteiger partial charge is 0.229 e. The summed E-state index contributed by atoms with van der Waals surface area (Å²) in [5.74, 6) is -0.338. The maximum Gasteiger partial charge on any atom is 0.229 e. The molecule has 0 aliphatic carbocycles. The van der Waals surface area contributed by atoms with E-state index in [1.807, 2.05) is 6.07 Å². The molecule has 0 atom stereocenters. The van der Waals surface area contributed by atoms with Crippen molar-refractivity contribution in [2.75, 3.05) is 23.3 Å². The fourth-order valence-electron chi connectivity index (χ4n) is 2.61. The van der Waals surface area contributed by atoms with E-state index < -0.39 is 11.6 Å². The Morgan fingerprint density at radius 2 is 1.64 bits per heavy atom. The molecule has 1 aliphatic heterocycles. The van der Waals surface area contributed by atoms with Gasteiger partial charge in [-0.05, 0) is 31.0 Å². The van der Waals surface area contributed by atoms with E-state index in [0.717, 1.165) is 31.7 Å². The van der Waals surface area contributed by atoms with Crippen LogP contribution in [0.3, 0.4) is 0 Å². The van der Waals surface area contributed by atoms with E-state index in [1.54, 1.807) is 6.20 Å². The first-order chi connectivity index (χ1) is 10.7. The van der Waals surface area contributed by atoms with Gasteiger partial charge in [0.25, 0.3) is 0 Å². The van der Waals surface area contributed by atoms with Gasteiger partial charge in [0, 0.05) is 19.3 Å². The fourth-order valence-corrected chi connectivity index (χ4v) is 2.61. The van der Waals surface area contributed by atoms with Crippen LogP contribution >= 0.6 is 0 Å². The van der Waals surface area contributed by atoms with Gasteiger partial charge in [0.15, 0.2) is 0 Å². The fraction of sp³-hybridized carbons (Fsp3) is 0.375. The van der Waals surface area contributed by atoms with E-state index in [1.165, 1.54) is 31.0 Å². The van der Waals surface area contributed by atoms with Crippen LogP contribution in [0, 0.1) is 11.6 Å². The van der Waals surface area contributed by atoms with Crippen LogP contribution in [0.1, 0.15) is 25.7 Å². The highest BCUT2D eigenvalue weighted by atomic mass is 19.1. The van der Waals surface area contributed by atoms with Gasteiger partial charge in [-0.25, -0.2) is 13.8 Å². The first-order valence-electron chi connectivity index (χ1n) is 7.53. The Hall–Kier alpha value is -2.24. The SMILES string of the molecule is Fc1cccc(F)c1Nc1nccc(N2CCCCCC2)n1. The molecular formula is C16H18F2N4. The minimum absolute atomic E-state index is 0.200. The third-order valence-corrected chi connectivity index (χ3v) is 3.77. The van der Waals surface area contributed by atoms with E-state index in [4.69, 9.17) is 0 Å². The van der Waals surface area contributed by atoms with Gasteiger partial charge in [0.2, 0.25) is 5.95 Å². The van der Waals surface area contributed by atoms with Crippen molar-refractivity contribution in [3.05, 3.63) is 42.1 Å². The number of halogens is 2. The summed E-state index contributed by atoms with van der Waals surface area (Å²) in [5, 5.41) is 2.64. The first-order valence-corrected chi connectivity index (χ1v) is 7.53. The van der Waals surface area contributed by atoms with Crippen LogP contribution < -0.4 is 10.2 Å². The van der Waals surface area contributed by atoms with Crippen molar-refractivity contribution in [1.29, 1.82) is 0 Å². The number of nitrogens with one attached hydrogen (secondary N) is 1. The summed E-state index contributed by atoms with van der Waals surface area (Å²) in [4.78, 5) is 10.6. The number of aromatic nitrogens is 2. The van der Waals surface area contributed by atoms with Gasteiger partial charge in [-0.2, -0.15) is 4.98 Å². The summed E-state index contributed by atoms with van der Waals surface area (Å²) in [6.07, 6.45) is 6.33. The molecule has 1 fully saturated rings. The summed E-state index contributed by atoms with van der Waals surface area (Å²) in [6.45, 7) is 1.90. The van der Waals surface area contributed by atoms with Crippen molar-refractivity contribution < 1.29 is 8.78 Å². The van der Waals surface area contributed by atoms with Crippen LogP contribution in [0.5, 0.6) is 0 Å². The van der Waals surface area contributed by atoms with Crippen molar-refractivity contribution in [2.45, 2.75) is 25.7 Å². The first kappa shape index (κ1) is 14.7. The molecule has 1 aliphatic rings. The van der Waals surface area contributed by atoms with Gasteiger partial charge in [-0.1, -0.05) is 18.9 Å². The van der Waals surface area contributed by atoms with Gasteiger partial charge in [0.05, 0.1) is 0 Å². The summed E-state index contributed by atoms with van der Waals surface area (Å²) < 4.78 is 27.4. The Morgan fingerprint density at radius 3 is 2.32 bits per heavy atom. The molecule has 2 aromatic rings. The Morgan fingerprint density at radius 1 is 0.955 bits per heavy atom. The molecule has 0 saturated carbocycles. The van der Waals surface area contributed by atoms with Crippen molar-refractivity contribution in [3.63, 3.8) is 0 Å². The summed E-state index contributed by atoms with van der Waals surface area (Å²) >= 11 is 0. The minimum atomic E-state index is -0.663. The van der Waals surface area contributed by atoms with Gasteiger partial charge in [-0.15, -0.1) is 0 Å². The number of hydrogen-bond acceptors (Lipinski definition) is 4. The largest absolute Gasteiger partial charge is 0.356 e. The highest BCUT2D eigenvalue weighted by Gasteiger charge is 2.14. The molecule has 0 spiro atoms. The number of nitrogens with zero attached hydrogens (tertiary/aromatic N) is 3. The summed E-state index contributed by atoms with van der Waals surface area (Å²) in [5.41, 5.74) is -0.226. The minimum Gasteiger partial charge on any atom is -0.356 e. The lowest BCUT2D eigenvalue weighted by molar-refractivity contribution is 0.590. The highest BCUT2D eigenvalue weighted by Crippen LogP contribution is 2.23. The van der Waals surface area contributed by atoms with Crippen LogP contribution in [0.4, 0.5) is 26.2 Å². The third-order valence-electron chi connectivity index (χ3n) is 3.77. The standard InChI is InChI=1S/C16H18F2N4/c17-12-6-5-7-13(18)15(12)21-16-19-9-8-14(20-16)22-10-3-1-2-4-11-22/h5-9H,1-4,10-11H2,(H,19,20,21). The Balaban J connectivity index is 1.82. The van der Waals surface area contributed by atoms with E-state index in [9.17, 15) is 8.78 Å². The zero-order chi connectivity index (χ0) is 15.4. The van der Waals surface area contributed by atoms with Crippen molar-refractivity contribution >= 4 is 17.5 Å². The van der Waals surface area contributed by atoms with Gasteiger partial charge in [0.1, 0.15) is 23.1 Å². The molecule has 0 bridgehead atoms. The maximum atomic E-state index is 13.7. The molecule has 2 heterocycles. The van der Waals surface area contributed by atoms with Crippen LogP contribution in [-0.2, 0) is 0 Å². The van der Waals surface area contributed by atoms with Crippen molar-refractivity contribution in [3.8, 4) is 0 Å². The second kappa shape index (κ2) is 6.68. The molecule has 116 valence electrons. The predicted molar refractivity (Wildman–Crippen MR) is 82.4 cm³/mol. The predicted octanol–water partition coefficient (Wildman–Crippen LogP) is 3.88. The number of para-hydroxylation sites is 1. The Kier molecular flexibility index (Phi) is 4.46. The van der Waals surface area contributed by atoms with E-state index in [2.05, 4.69) is 20.2 Å². The zero-order valence-electron chi connectivity index (χ0n) is 12.2. The normalized spacial score (nSPS) is 15.5. The average molecular weight is 304 g/mol. The van der Waals surface area contributed by atoms with Crippen molar-refractivity contribution in [2.24, 2.45) is 0 Å². The van der Waals surface area contributed by atoms with Crippen LogP contribution in [0.15, 0.2) is 30.5 Å². The Labute approximate surface area is 128 Å². The van der Waals surface area contributed by atoms with Crippen molar-refractivity contribution in [1.82, 2.24) is 9.97 Å². The van der Waals surface area contributed by atoms with Gasteiger partial charge >= 0.3 is 0 Å².